The number of hydrogen-bond acceptors (Lipinski definition) is 4. The average Bonchev–Trinajstić information content (AvgIpc) is 3.40. The van der Waals surface area contributed by atoms with Gasteiger partial charge in [0.1, 0.15) is 10.8 Å². The van der Waals surface area contributed by atoms with Gasteiger partial charge in [-0.3, -0.25) is 4.40 Å². The standard InChI is InChI=1S/C22H26ClN5/c1-22(2)15-26(12-13-28(22)17-6-4-3-5-7-17)18-10-11-27-19(14-16-8-9-16)24-25-21(27)20(18)23/h3-7,10-11,16H,8-9,12-15H2,1-2H3. The van der Waals surface area contributed by atoms with Crippen molar-refractivity contribution in [1.82, 2.24) is 14.6 Å². The van der Waals surface area contributed by atoms with E-state index in [9.17, 15) is 0 Å². The summed E-state index contributed by atoms with van der Waals surface area (Å²) in [7, 11) is 0. The predicted octanol–water partition coefficient (Wildman–Crippen LogP) is 4.44. The van der Waals surface area contributed by atoms with Crippen LogP contribution in [0.4, 0.5) is 11.4 Å². The summed E-state index contributed by atoms with van der Waals surface area (Å²) < 4.78 is 2.06. The van der Waals surface area contributed by atoms with Crippen molar-refractivity contribution in [3.05, 3.63) is 53.4 Å². The molecule has 2 aliphatic rings. The van der Waals surface area contributed by atoms with Gasteiger partial charge >= 0.3 is 0 Å². The van der Waals surface area contributed by atoms with E-state index in [1.165, 1.54) is 18.5 Å². The molecule has 3 heterocycles. The number of para-hydroxylation sites is 1. The van der Waals surface area contributed by atoms with Gasteiger partial charge in [-0.2, -0.15) is 0 Å². The fraction of sp³-hybridized carbons (Fsp3) is 0.455. The molecule has 2 fully saturated rings. The van der Waals surface area contributed by atoms with E-state index in [2.05, 4.69) is 80.8 Å². The molecular weight excluding hydrogens is 370 g/mol. The fourth-order valence-electron chi connectivity index (χ4n) is 4.37. The van der Waals surface area contributed by atoms with Gasteiger partial charge in [-0.1, -0.05) is 29.8 Å². The maximum atomic E-state index is 6.81. The molecule has 0 spiro atoms. The minimum absolute atomic E-state index is 0.000133. The van der Waals surface area contributed by atoms with Crippen molar-refractivity contribution in [2.24, 2.45) is 5.92 Å². The molecule has 5 nitrogen and oxygen atoms in total. The zero-order chi connectivity index (χ0) is 19.3. The molecule has 6 heteroatoms. The summed E-state index contributed by atoms with van der Waals surface area (Å²) in [6.07, 6.45) is 5.70. The second-order valence-electron chi connectivity index (χ2n) is 8.69. The number of hydrogen-bond donors (Lipinski definition) is 0. The van der Waals surface area contributed by atoms with Gasteiger partial charge in [0.2, 0.25) is 0 Å². The summed E-state index contributed by atoms with van der Waals surface area (Å²) in [5.41, 5.74) is 3.11. The zero-order valence-electron chi connectivity index (χ0n) is 16.5. The first-order valence-electron chi connectivity index (χ1n) is 10.1. The Morgan fingerprint density at radius 2 is 1.86 bits per heavy atom. The highest BCUT2D eigenvalue weighted by molar-refractivity contribution is 6.36. The van der Waals surface area contributed by atoms with E-state index in [0.29, 0.717) is 5.02 Å². The van der Waals surface area contributed by atoms with E-state index >= 15 is 0 Å². The maximum Gasteiger partial charge on any atom is 0.181 e. The third kappa shape index (κ3) is 3.12. The van der Waals surface area contributed by atoms with E-state index in [1.807, 2.05) is 0 Å². The topological polar surface area (TPSA) is 36.7 Å². The number of anilines is 2. The van der Waals surface area contributed by atoms with Crippen LogP contribution in [-0.4, -0.2) is 39.8 Å². The highest BCUT2D eigenvalue weighted by atomic mass is 35.5. The van der Waals surface area contributed by atoms with Crippen LogP contribution >= 0.6 is 11.6 Å². The molecule has 0 amide bonds. The SMILES string of the molecule is CC1(C)CN(c2ccn3c(CC4CC4)nnc3c2Cl)CCN1c1ccccc1. The first-order valence-corrected chi connectivity index (χ1v) is 10.5. The van der Waals surface area contributed by atoms with Crippen molar-refractivity contribution in [1.29, 1.82) is 0 Å². The van der Waals surface area contributed by atoms with E-state index in [4.69, 9.17) is 11.6 Å². The number of halogens is 1. The molecule has 0 bridgehead atoms. The molecule has 1 aliphatic carbocycles. The van der Waals surface area contributed by atoms with Crippen molar-refractivity contribution in [3.8, 4) is 0 Å². The lowest BCUT2D eigenvalue weighted by Crippen LogP contribution is -2.59. The first kappa shape index (κ1) is 17.8. The van der Waals surface area contributed by atoms with Crippen molar-refractivity contribution >= 4 is 28.6 Å². The fourth-order valence-corrected chi connectivity index (χ4v) is 4.68. The van der Waals surface area contributed by atoms with Gasteiger partial charge in [0.05, 0.1) is 11.2 Å². The number of rotatable bonds is 4. The molecular formula is C22H26ClN5. The number of fused-ring (bicyclic) bond motifs is 1. The van der Waals surface area contributed by atoms with Crippen LogP contribution in [0, 0.1) is 5.92 Å². The molecule has 0 radical (unpaired) electrons. The minimum Gasteiger partial charge on any atom is -0.366 e. The van der Waals surface area contributed by atoms with E-state index in [-0.39, 0.29) is 5.54 Å². The first-order chi connectivity index (χ1) is 13.5. The molecule has 1 aliphatic heterocycles. The Hall–Kier alpha value is -2.27. The van der Waals surface area contributed by atoms with E-state index < -0.39 is 0 Å². The van der Waals surface area contributed by atoms with Crippen LogP contribution in [-0.2, 0) is 6.42 Å². The molecule has 2 aromatic heterocycles. The summed E-state index contributed by atoms with van der Waals surface area (Å²) >= 11 is 6.81. The molecule has 0 unspecified atom stereocenters. The Morgan fingerprint density at radius 3 is 2.57 bits per heavy atom. The normalized spacial score (nSPS) is 19.4. The minimum atomic E-state index is -0.000133. The van der Waals surface area contributed by atoms with Crippen LogP contribution in [0.5, 0.6) is 0 Å². The van der Waals surface area contributed by atoms with Gasteiger partial charge in [-0.05, 0) is 50.8 Å². The molecule has 1 aromatic carbocycles. The Kier molecular flexibility index (Phi) is 4.23. The van der Waals surface area contributed by atoms with Gasteiger partial charge in [0.15, 0.2) is 5.65 Å². The Balaban J connectivity index is 1.42. The largest absolute Gasteiger partial charge is 0.366 e. The summed E-state index contributed by atoms with van der Waals surface area (Å²) in [6, 6.07) is 12.8. The van der Waals surface area contributed by atoms with E-state index in [0.717, 1.165) is 49.1 Å². The quantitative estimate of drug-likeness (QED) is 0.654. The third-order valence-corrected chi connectivity index (χ3v) is 6.41. The zero-order valence-corrected chi connectivity index (χ0v) is 17.2. The van der Waals surface area contributed by atoms with Crippen LogP contribution in [0.15, 0.2) is 42.6 Å². The highest BCUT2D eigenvalue weighted by Gasteiger charge is 2.35. The second-order valence-corrected chi connectivity index (χ2v) is 9.07. The van der Waals surface area contributed by atoms with Gasteiger partial charge < -0.3 is 9.80 Å². The van der Waals surface area contributed by atoms with Crippen molar-refractivity contribution in [2.45, 2.75) is 38.6 Å². The molecule has 1 saturated carbocycles. The maximum absolute atomic E-state index is 6.81. The molecule has 3 aromatic rings. The van der Waals surface area contributed by atoms with Crippen LogP contribution < -0.4 is 9.80 Å². The van der Waals surface area contributed by atoms with Gasteiger partial charge in [0.25, 0.3) is 0 Å². The lowest BCUT2D eigenvalue weighted by molar-refractivity contribution is 0.415. The second kappa shape index (κ2) is 6.66. The molecule has 5 rings (SSSR count). The summed E-state index contributed by atoms with van der Waals surface area (Å²) in [4.78, 5) is 4.87. The van der Waals surface area contributed by atoms with Crippen LogP contribution in [0.2, 0.25) is 5.02 Å². The van der Waals surface area contributed by atoms with Gasteiger partial charge in [0, 0.05) is 37.9 Å². The van der Waals surface area contributed by atoms with Crippen molar-refractivity contribution in [2.75, 3.05) is 29.4 Å². The summed E-state index contributed by atoms with van der Waals surface area (Å²) in [5.74, 6) is 1.80. The number of nitrogens with zero attached hydrogens (tertiary/aromatic N) is 5. The molecule has 0 atom stereocenters. The predicted molar refractivity (Wildman–Crippen MR) is 115 cm³/mol. The number of benzene rings is 1. The van der Waals surface area contributed by atoms with E-state index in [1.54, 1.807) is 0 Å². The summed E-state index contributed by atoms with van der Waals surface area (Å²) in [5, 5.41) is 9.51. The Labute approximate surface area is 170 Å². The average molecular weight is 396 g/mol. The highest BCUT2D eigenvalue weighted by Crippen LogP contribution is 2.36. The molecule has 1 saturated heterocycles. The smallest absolute Gasteiger partial charge is 0.181 e. The van der Waals surface area contributed by atoms with Crippen LogP contribution in [0.1, 0.15) is 32.5 Å². The molecule has 146 valence electrons. The van der Waals surface area contributed by atoms with Crippen LogP contribution in [0.3, 0.4) is 0 Å². The van der Waals surface area contributed by atoms with Crippen LogP contribution in [0.25, 0.3) is 5.65 Å². The number of pyridine rings is 1. The monoisotopic (exact) mass is 395 g/mol. The third-order valence-electron chi connectivity index (χ3n) is 6.05. The van der Waals surface area contributed by atoms with Crippen molar-refractivity contribution in [3.63, 3.8) is 0 Å². The number of aromatic nitrogens is 3. The summed E-state index contributed by atoms with van der Waals surface area (Å²) in [6.45, 7) is 7.38. The Morgan fingerprint density at radius 1 is 1.07 bits per heavy atom. The van der Waals surface area contributed by atoms with Gasteiger partial charge in [-0.25, -0.2) is 0 Å². The van der Waals surface area contributed by atoms with Crippen molar-refractivity contribution < 1.29 is 0 Å². The lowest BCUT2D eigenvalue weighted by atomic mass is 9.97. The Bertz CT molecular complexity index is 993. The van der Waals surface area contributed by atoms with Gasteiger partial charge in [-0.15, -0.1) is 10.2 Å². The number of piperazine rings is 1. The molecule has 0 N–H and O–H groups in total. The lowest BCUT2D eigenvalue weighted by Gasteiger charge is -2.49. The molecule has 28 heavy (non-hydrogen) atoms.